The predicted octanol–water partition coefficient (Wildman–Crippen LogP) is 7.20. The maximum Gasteiger partial charge on any atom is 0.136 e. The zero-order chi connectivity index (χ0) is 24.1. The minimum absolute atomic E-state index is 0.577. The van der Waals surface area contributed by atoms with Crippen LogP contribution in [0.4, 0.5) is 5.82 Å². The van der Waals surface area contributed by atoms with Crippen LogP contribution in [-0.4, -0.2) is 38.9 Å². The van der Waals surface area contributed by atoms with Crippen LogP contribution in [0.15, 0.2) is 57.8 Å². The second-order valence-electron chi connectivity index (χ2n) is 6.68. The van der Waals surface area contributed by atoms with E-state index >= 15 is 0 Å². The van der Waals surface area contributed by atoms with Gasteiger partial charge in [0.05, 0.1) is 30.2 Å². The highest BCUT2D eigenvalue weighted by Crippen LogP contribution is 2.38. The molecule has 34 heavy (non-hydrogen) atoms. The molecule has 0 spiro atoms. The maximum atomic E-state index is 9.27. The van der Waals surface area contributed by atoms with Crippen molar-refractivity contribution in [2.75, 3.05) is 24.5 Å². The van der Waals surface area contributed by atoms with Crippen LogP contribution in [0, 0.1) is 11.3 Å². The lowest BCUT2D eigenvalue weighted by Crippen LogP contribution is -1.87. The second kappa shape index (κ2) is 11.3. The van der Waals surface area contributed by atoms with Gasteiger partial charge in [0.1, 0.15) is 32.5 Å². The first-order chi connectivity index (χ1) is 16.6. The molecule has 0 atom stereocenters. The topological polar surface area (TPSA) is 104 Å². The molecule has 0 saturated carbocycles. The minimum Gasteiger partial charge on any atom is -0.383 e. The van der Waals surface area contributed by atoms with E-state index < -0.39 is 0 Å². The summed E-state index contributed by atoms with van der Waals surface area (Å²) < 4.78 is 3.30. The van der Waals surface area contributed by atoms with Gasteiger partial charge in [-0.1, -0.05) is 24.3 Å². The van der Waals surface area contributed by atoms with Crippen LogP contribution in [0.2, 0.25) is 0 Å². The number of aromatic nitrogens is 4. The van der Waals surface area contributed by atoms with Crippen molar-refractivity contribution in [3.8, 4) is 16.6 Å². The summed E-state index contributed by atoms with van der Waals surface area (Å²) in [5.41, 5.74) is 9.47. The van der Waals surface area contributed by atoms with Gasteiger partial charge in [0.15, 0.2) is 0 Å². The first kappa shape index (κ1) is 24.6. The van der Waals surface area contributed by atoms with E-state index in [1.54, 1.807) is 58.0 Å². The zero-order valence-electron chi connectivity index (χ0n) is 18.5. The Morgan fingerprint density at radius 1 is 0.941 bits per heavy atom. The van der Waals surface area contributed by atoms with E-state index in [2.05, 4.69) is 32.3 Å². The molecule has 0 saturated heterocycles. The summed E-state index contributed by atoms with van der Waals surface area (Å²) in [6.45, 7) is 0. The molecule has 172 valence electrons. The number of nitrogens with one attached hydrogen (secondary N) is 1. The highest BCUT2D eigenvalue weighted by Gasteiger charge is 2.16. The summed E-state index contributed by atoms with van der Waals surface area (Å²) in [6, 6.07) is 18.3. The van der Waals surface area contributed by atoms with Crippen LogP contribution in [0.1, 0.15) is 5.01 Å². The summed E-state index contributed by atoms with van der Waals surface area (Å²) in [4.78, 5) is 9.10. The van der Waals surface area contributed by atoms with Crippen molar-refractivity contribution in [2.24, 2.45) is 0 Å². The average Bonchev–Trinajstić information content (AvgIpc) is 3.58. The summed E-state index contributed by atoms with van der Waals surface area (Å²) >= 11 is 7.96. The Balaban J connectivity index is 0.000000161. The monoisotopic (exact) mass is 540 g/mol. The molecule has 0 radical (unpaired) electrons. The molecule has 3 N–H and O–H groups in total. The first-order valence-corrected chi connectivity index (χ1v) is 15.2. The largest absolute Gasteiger partial charge is 0.383 e. The van der Waals surface area contributed by atoms with Crippen LogP contribution in [0.3, 0.4) is 0 Å². The lowest BCUT2D eigenvalue weighted by molar-refractivity contribution is 1.01. The molecule has 0 aliphatic carbocycles. The number of hydrogen-bond acceptors (Lipinski definition) is 10. The van der Waals surface area contributed by atoms with E-state index in [0.717, 1.165) is 45.3 Å². The molecule has 0 amide bonds. The van der Waals surface area contributed by atoms with Gasteiger partial charge >= 0.3 is 0 Å². The highest BCUT2D eigenvalue weighted by molar-refractivity contribution is 8.22. The molecule has 0 aliphatic heterocycles. The van der Waals surface area contributed by atoms with E-state index in [-0.39, 0.29) is 0 Å². The molecule has 0 bridgehead atoms. The highest BCUT2D eigenvalue weighted by atomic mass is 32.2. The molecule has 11 heteroatoms. The Morgan fingerprint density at radius 3 is 2.12 bits per heavy atom. The normalized spacial score (nSPS) is 10.6. The van der Waals surface area contributed by atoms with Gasteiger partial charge in [0.2, 0.25) is 0 Å². The van der Waals surface area contributed by atoms with Crippen LogP contribution >= 0.6 is 58.0 Å². The van der Waals surface area contributed by atoms with Crippen molar-refractivity contribution in [3.63, 3.8) is 0 Å². The SMILES string of the molecule is CSC(SC)=C(C#N)c1nc2ccccc2s1.CSc1n[nH]c(N)c1-c1nc2ccccc2s1. The Morgan fingerprint density at radius 2 is 1.56 bits per heavy atom. The van der Waals surface area contributed by atoms with Gasteiger partial charge in [-0.3, -0.25) is 5.10 Å². The molecule has 6 nitrogen and oxygen atoms in total. The Labute approximate surface area is 218 Å². The number of benzene rings is 2. The lowest BCUT2D eigenvalue weighted by Gasteiger charge is -2.00. The molecule has 5 aromatic rings. The second-order valence-corrected chi connectivity index (χ2v) is 11.4. The maximum absolute atomic E-state index is 9.27. The number of para-hydroxylation sites is 2. The minimum atomic E-state index is 0.577. The number of thiazole rings is 2. The first-order valence-electron chi connectivity index (χ1n) is 9.91. The Kier molecular flexibility index (Phi) is 8.18. The third-order valence-electron chi connectivity index (χ3n) is 4.66. The van der Waals surface area contributed by atoms with Gasteiger partial charge in [-0.25, -0.2) is 9.97 Å². The van der Waals surface area contributed by atoms with Crippen LogP contribution in [0.5, 0.6) is 0 Å². The van der Waals surface area contributed by atoms with Gasteiger partial charge in [0.25, 0.3) is 0 Å². The number of thioether (sulfide) groups is 3. The molecular formula is C23H20N6S5. The van der Waals surface area contributed by atoms with E-state index in [4.69, 9.17) is 5.73 Å². The van der Waals surface area contributed by atoms with Gasteiger partial charge < -0.3 is 5.73 Å². The van der Waals surface area contributed by atoms with Crippen LogP contribution in [-0.2, 0) is 0 Å². The number of nitrogens with zero attached hydrogens (tertiary/aromatic N) is 4. The molecule has 0 fully saturated rings. The van der Waals surface area contributed by atoms with Gasteiger partial charge in [-0.15, -0.1) is 58.0 Å². The van der Waals surface area contributed by atoms with E-state index in [0.29, 0.717) is 11.4 Å². The van der Waals surface area contributed by atoms with Gasteiger partial charge in [0, 0.05) is 0 Å². The number of fused-ring (bicyclic) bond motifs is 2. The predicted molar refractivity (Wildman–Crippen MR) is 153 cm³/mol. The number of nitriles is 1. The van der Waals surface area contributed by atoms with Crippen molar-refractivity contribution in [1.82, 2.24) is 20.2 Å². The number of rotatable bonds is 5. The fraction of sp³-hybridized carbons (Fsp3) is 0.130. The molecule has 0 aliphatic rings. The third kappa shape index (κ3) is 5.11. The molecule has 3 aromatic heterocycles. The fourth-order valence-corrected chi connectivity index (χ4v) is 7.21. The van der Waals surface area contributed by atoms with Crippen molar-refractivity contribution in [2.45, 2.75) is 5.03 Å². The standard InChI is InChI=1S/C12H10N2S3.C11H10N4S2/c1-15-12(16-2)8(7-13)11-14-9-5-3-4-6-10(9)17-11;1-16-11-8(9(12)14-15-11)10-13-6-4-2-3-5-7(6)17-10/h3-6H,1-2H3;2-5H,1H3,(H3,12,14,15). The molecule has 3 heterocycles. The van der Waals surface area contributed by atoms with Crippen LogP contribution < -0.4 is 5.73 Å². The van der Waals surface area contributed by atoms with E-state index in [9.17, 15) is 5.26 Å². The summed E-state index contributed by atoms with van der Waals surface area (Å²) in [6.07, 6.45) is 5.94. The average molecular weight is 541 g/mol. The van der Waals surface area contributed by atoms with Crippen molar-refractivity contribution in [1.29, 1.82) is 5.26 Å². The molecule has 5 rings (SSSR count). The number of H-pyrrole nitrogens is 1. The molecular weight excluding hydrogens is 521 g/mol. The van der Waals surface area contributed by atoms with Crippen molar-refractivity contribution < 1.29 is 0 Å². The zero-order valence-corrected chi connectivity index (χ0v) is 22.6. The number of allylic oxidation sites excluding steroid dienone is 1. The van der Waals surface area contributed by atoms with Gasteiger partial charge in [-0.05, 0) is 43.0 Å². The summed E-state index contributed by atoms with van der Waals surface area (Å²) in [7, 11) is 0. The number of hydrogen-bond donors (Lipinski definition) is 2. The fourth-order valence-electron chi connectivity index (χ4n) is 3.12. The molecule has 0 unspecified atom stereocenters. The molecule has 2 aromatic carbocycles. The van der Waals surface area contributed by atoms with E-state index in [1.165, 1.54) is 0 Å². The number of nitrogen functional groups attached to an aromatic ring is 1. The van der Waals surface area contributed by atoms with E-state index in [1.807, 2.05) is 61.2 Å². The Hall–Kier alpha value is -2.49. The quantitative estimate of drug-likeness (QED) is 0.178. The smallest absolute Gasteiger partial charge is 0.136 e. The lowest BCUT2D eigenvalue weighted by atomic mass is 10.3. The number of aromatic amines is 1. The number of nitrogens with two attached hydrogens (primary N) is 1. The summed E-state index contributed by atoms with van der Waals surface area (Å²) in [5, 5.41) is 18.9. The summed E-state index contributed by atoms with van der Waals surface area (Å²) in [5.74, 6) is 0.577. The Bertz CT molecular complexity index is 1440. The van der Waals surface area contributed by atoms with Crippen LogP contribution in [0.25, 0.3) is 36.6 Å². The van der Waals surface area contributed by atoms with Gasteiger partial charge in [-0.2, -0.15) is 10.4 Å². The number of anilines is 1. The van der Waals surface area contributed by atoms with Crippen molar-refractivity contribution in [3.05, 3.63) is 57.8 Å². The van der Waals surface area contributed by atoms with Crippen molar-refractivity contribution >= 4 is 89.8 Å². The third-order valence-corrected chi connectivity index (χ3v) is 9.60.